The number of para-hydroxylation sites is 1. The lowest BCUT2D eigenvalue weighted by atomic mass is 9.86. The van der Waals surface area contributed by atoms with Gasteiger partial charge in [0.05, 0.1) is 33.0 Å². The highest BCUT2D eigenvalue weighted by Gasteiger charge is 2.46. The molecule has 0 saturated carbocycles. The van der Waals surface area contributed by atoms with Crippen molar-refractivity contribution in [2.75, 3.05) is 31.5 Å². The molecule has 4 aromatic heterocycles. The summed E-state index contributed by atoms with van der Waals surface area (Å²) in [7, 11) is -3.44. The first-order valence-corrected chi connectivity index (χ1v) is 23.0. The number of aryl methyl sites for hydroxylation is 4. The number of urea groups is 1. The first-order valence-electron chi connectivity index (χ1n) is 20.1. The third-order valence-electron chi connectivity index (χ3n) is 11.5. The zero-order valence-electron chi connectivity index (χ0n) is 36.0. The number of sulfone groups is 2. The van der Waals surface area contributed by atoms with Crippen LogP contribution in [0.4, 0.5) is 10.6 Å². The maximum absolute atomic E-state index is 13.2. The summed E-state index contributed by atoms with van der Waals surface area (Å²) in [5.41, 5.74) is 1.66. The number of amides is 2. The largest absolute Gasteiger partial charge is 0.426 e. The monoisotopic (exact) mass is 899 g/mol. The predicted octanol–water partition coefficient (Wildman–Crippen LogP) is 5.95. The van der Waals surface area contributed by atoms with Gasteiger partial charge in [-0.25, -0.2) is 21.6 Å². The van der Waals surface area contributed by atoms with Gasteiger partial charge in [-0.05, 0) is 104 Å². The Labute approximate surface area is 364 Å². The normalized spacial score (nSPS) is 15.3. The van der Waals surface area contributed by atoms with Gasteiger partial charge in [-0.3, -0.25) is 19.5 Å². The van der Waals surface area contributed by atoms with E-state index in [0.717, 1.165) is 25.9 Å². The van der Waals surface area contributed by atoms with Crippen LogP contribution in [0.2, 0.25) is 0 Å². The van der Waals surface area contributed by atoms with Crippen LogP contribution in [0, 0.1) is 25.7 Å². The van der Waals surface area contributed by atoms with Crippen molar-refractivity contribution >= 4 is 37.5 Å². The summed E-state index contributed by atoms with van der Waals surface area (Å²) < 4.78 is 68.1. The number of carbonyl (C=O) groups excluding carboxylic acids is 2. The molecule has 7 rings (SSSR count). The fourth-order valence-electron chi connectivity index (χ4n) is 7.58. The van der Waals surface area contributed by atoms with E-state index < -0.39 is 29.2 Å². The topological polar surface area (TPSA) is 227 Å². The van der Waals surface area contributed by atoms with Crippen molar-refractivity contribution in [2.24, 2.45) is 25.9 Å². The van der Waals surface area contributed by atoms with Crippen molar-refractivity contribution in [2.45, 2.75) is 100 Å². The Morgan fingerprint density at radius 3 is 1.73 bits per heavy atom. The van der Waals surface area contributed by atoms with E-state index in [0.29, 0.717) is 59.5 Å². The summed E-state index contributed by atoms with van der Waals surface area (Å²) in [6, 6.07) is 11.8. The second kappa shape index (κ2) is 20.7. The average molecular weight is 900 g/mol. The lowest BCUT2D eigenvalue weighted by Gasteiger charge is -2.39. The maximum Gasteiger partial charge on any atom is 0.323 e. The number of nitrogens with one attached hydrogen (secondary N) is 2. The number of aromatic nitrogens is 6. The van der Waals surface area contributed by atoms with Gasteiger partial charge in [0.25, 0.3) is 0 Å². The molecule has 5 aromatic rings. The van der Waals surface area contributed by atoms with E-state index >= 15 is 0 Å². The fourth-order valence-corrected chi connectivity index (χ4v) is 11.5. The van der Waals surface area contributed by atoms with Crippen LogP contribution in [-0.4, -0.2) is 99.3 Å². The minimum Gasteiger partial charge on any atom is -0.426 e. The molecule has 6 heterocycles. The smallest absolute Gasteiger partial charge is 0.323 e. The summed E-state index contributed by atoms with van der Waals surface area (Å²) >= 11 is 0. The minimum absolute atomic E-state index is 0. The van der Waals surface area contributed by atoms with Gasteiger partial charge < -0.3 is 24.0 Å². The second-order valence-electron chi connectivity index (χ2n) is 16.3. The number of benzene rings is 1. The van der Waals surface area contributed by atoms with Gasteiger partial charge in [-0.2, -0.15) is 10.2 Å². The number of hydrogen-bond acceptors (Lipinski definition) is 14. The number of esters is 1. The zero-order valence-corrected chi connectivity index (χ0v) is 37.6. The van der Waals surface area contributed by atoms with Crippen LogP contribution in [0.5, 0.6) is 5.75 Å². The van der Waals surface area contributed by atoms with E-state index in [1.165, 1.54) is 17.2 Å². The Morgan fingerprint density at radius 2 is 1.27 bits per heavy atom. The number of likely N-dealkylation sites (tertiary alicyclic amines) is 1. The van der Waals surface area contributed by atoms with Gasteiger partial charge in [0.1, 0.15) is 28.1 Å². The molecule has 0 aliphatic carbocycles. The van der Waals surface area contributed by atoms with Gasteiger partial charge in [0.15, 0.2) is 25.5 Å². The number of piperidine rings is 2. The molecule has 18 nitrogen and oxygen atoms in total. The molecule has 1 aromatic carbocycles. The van der Waals surface area contributed by atoms with Crippen molar-refractivity contribution < 1.29 is 40.2 Å². The maximum atomic E-state index is 13.2. The Kier molecular flexibility index (Phi) is 16.5. The number of rotatable bonds is 10. The Morgan fingerprint density at radius 1 is 0.774 bits per heavy atom. The van der Waals surface area contributed by atoms with Gasteiger partial charge in [-0.15, -0.1) is 0 Å². The highest BCUT2D eigenvalue weighted by molar-refractivity contribution is 7.93. The van der Waals surface area contributed by atoms with Crippen LogP contribution in [0.25, 0.3) is 0 Å². The van der Waals surface area contributed by atoms with Crippen molar-refractivity contribution in [1.82, 2.24) is 40.1 Å². The van der Waals surface area contributed by atoms with E-state index in [4.69, 9.17) is 9.26 Å². The average Bonchev–Trinajstić information content (AvgIpc) is 4.06. The number of anilines is 1. The molecule has 0 unspecified atom stereocenters. The van der Waals surface area contributed by atoms with Crippen LogP contribution < -0.4 is 15.4 Å². The van der Waals surface area contributed by atoms with Crippen molar-refractivity contribution in [3.63, 3.8) is 0 Å². The molecule has 2 saturated heterocycles. The minimum atomic E-state index is -3.55. The number of carbonyl (C=O) groups is 2. The predicted molar refractivity (Wildman–Crippen MR) is 233 cm³/mol. The highest BCUT2D eigenvalue weighted by atomic mass is 32.2. The summed E-state index contributed by atoms with van der Waals surface area (Å²) in [6.45, 7) is 13.5. The summed E-state index contributed by atoms with van der Waals surface area (Å²) in [6.07, 6.45) is 9.14. The summed E-state index contributed by atoms with van der Waals surface area (Å²) in [5, 5.41) is 21.6. The van der Waals surface area contributed by atoms with E-state index in [2.05, 4.69) is 35.7 Å². The third-order valence-corrected chi connectivity index (χ3v) is 16.8. The quantitative estimate of drug-likeness (QED) is 0.122. The van der Waals surface area contributed by atoms with E-state index in [1.807, 2.05) is 19.9 Å². The molecule has 2 N–H and O–H groups in total. The van der Waals surface area contributed by atoms with Crippen molar-refractivity contribution in [1.29, 1.82) is 0 Å². The number of nitrogens with zero attached hydrogens (tertiary/aromatic N) is 7. The SMILES string of the molecule is C.Cc1nn(C)cc1S(=O)(=O)C(C)(C)C1CCN(C(=O)Nc2ccon2)CC1.Cc1nn(C)cc1S(=O)(=O)C(C)(C)C1CCNCC1.O=C(Cc1ccon1)Oc1ccccc1. The highest BCUT2D eigenvalue weighted by Crippen LogP contribution is 2.39. The van der Waals surface area contributed by atoms with Crippen LogP contribution in [-0.2, 0) is 45.0 Å². The summed E-state index contributed by atoms with van der Waals surface area (Å²) in [5.74, 6) is 0.676. The van der Waals surface area contributed by atoms with Gasteiger partial charge in [0, 0.05) is 51.7 Å². The molecule has 0 atom stereocenters. The lowest BCUT2D eigenvalue weighted by molar-refractivity contribution is -0.133. The fraction of sp³-hybridized carbons (Fsp3) is 0.524. The molecule has 0 bridgehead atoms. The standard InChI is InChI=1S/C17H25N5O4S.C13H23N3O2S.C11H9NO3.CH4/c1-12-14(11-21(4)19-12)27(24,25)17(2,3)13-5-8-22(9-6-13)16(23)18-15-7-10-26-20-15;1-10-12(9-16(4)15-10)19(17,18)13(2,3)11-5-7-14-8-6-11;13-11(8-9-6-7-14-12-9)15-10-4-2-1-3-5-10;/h7,10-11,13H,5-6,8-9H2,1-4H3,(H,18,20,23);9,11,14H,5-8H2,1-4H3;1-7H,8H2;1H4. The van der Waals surface area contributed by atoms with E-state index in [-0.39, 0.29) is 42.6 Å². The second-order valence-corrected chi connectivity index (χ2v) is 21.3. The molecule has 0 radical (unpaired) electrons. The first kappa shape index (κ1) is 49.3. The third kappa shape index (κ3) is 11.6. The molecular weight excluding hydrogens is 839 g/mol. The van der Waals surface area contributed by atoms with E-state index in [9.17, 15) is 26.4 Å². The molecule has 2 aliphatic heterocycles. The molecule has 2 fully saturated rings. The van der Waals surface area contributed by atoms with Crippen LogP contribution in [0.1, 0.15) is 77.9 Å². The Balaban J connectivity index is 0.000000212. The van der Waals surface area contributed by atoms with Gasteiger partial charge >= 0.3 is 12.0 Å². The first-order chi connectivity index (χ1) is 28.7. The molecule has 0 spiro atoms. The zero-order chi connectivity index (χ0) is 44.6. The van der Waals surface area contributed by atoms with Crippen LogP contribution >= 0.6 is 0 Å². The number of hydrogen-bond donors (Lipinski definition) is 2. The van der Waals surface area contributed by atoms with Crippen molar-refractivity contribution in [3.8, 4) is 5.75 Å². The molecule has 340 valence electrons. The molecular formula is C42H61N9O9S2. The molecule has 2 aliphatic rings. The van der Waals surface area contributed by atoms with Gasteiger partial charge in [0.2, 0.25) is 0 Å². The van der Waals surface area contributed by atoms with Crippen molar-refractivity contribution in [3.05, 3.63) is 84.5 Å². The Hall–Kier alpha value is -5.34. The molecule has 2 amide bonds. The van der Waals surface area contributed by atoms with Gasteiger partial charge in [-0.1, -0.05) is 35.9 Å². The van der Waals surface area contributed by atoms with Crippen LogP contribution in [0.15, 0.2) is 86.2 Å². The molecule has 62 heavy (non-hydrogen) atoms. The van der Waals surface area contributed by atoms with Crippen LogP contribution in [0.3, 0.4) is 0 Å². The van der Waals surface area contributed by atoms with E-state index in [1.54, 1.807) is 100 Å². The Bertz CT molecular complexity index is 2410. The number of ether oxygens (including phenoxy) is 1. The molecule has 20 heteroatoms. The summed E-state index contributed by atoms with van der Waals surface area (Å²) in [4.78, 5) is 26.0. The lowest BCUT2D eigenvalue weighted by Crippen LogP contribution is -2.48.